The fourth-order valence-electron chi connectivity index (χ4n) is 1.14. The third kappa shape index (κ3) is 2.33. The van der Waals surface area contributed by atoms with Crippen LogP contribution in [0.25, 0.3) is 11.4 Å². The van der Waals surface area contributed by atoms with E-state index in [0.717, 1.165) is 0 Å². The molecule has 15 heavy (non-hydrogen) atoms. The van der Waals surface area contributed by atoms with Gasteiger partial charge in [0.05, 0.1) is 5.56 Å². The molecule has 0 bridgehead atoms. The van der Waals surface area contributed by atoms with Crippen LogP contribution in [-0.4, -0.2) is 9.97 Å². The zero-order valence-corrected chi connectivity index (χ0v) is 9.76. The van der Waals surface area contributed by atoms with Crippen molar-refractivity contribution >= 4 is 27.5 Å². The Labute approximate surface area is 99.3 Å². The van der Waals surface area contributed by atoms with Crippen LogP contribution < -0.4 is 0 Å². The number of halogens is 3. The maximum Gasteiger partial charge on any atom is 0.163 e. The number of hydrogen-bond acceptors (Lipinski definition) is 2. The average molecular weight is 288 g/mol. The summed E-state index contributed by atoms with van der Waals surface area (Å²) in [7, 11) is 0. The Kier molecular flexibility index (Phi) is 2.98. The molecule has 1 aromatic carbocycles. The van der Waals surface area contributed by atoms with Crippen LogP contribution in [0.4, 0.5) is 4.39 Å². The van der Waals surface area contributed by atoms with E-state index in [1.54, 1.807) is 24.4 Å². The van der Waals surface area contributed by atoms with Crippen LogP contribution in [0.3, 0.4) is 0 Å². The summed E-state index contributed by atoms with van der Waals surface area (Å²) in [5.41, 5.74) is 0.334. The van der Waals surface area contributed by atoms with Crippen LogP contribution in [-0.2, 0) is 0 Å². The molecule has 0 aliphatic rings. The van der Waals surface area contributed by atoms with Gasteiger partial charge in [-0.3, -0.25) is 0 Å². The molecule has 5 heteroatoms. The molecule has 1 heterocycles. The average Bonchev–Trinajstić information content (AvgIpc) is 2.17. The number of benzene rings is 1. The van der Waals surface area contributed by atoms with Crippen molar-refractivity contribution in [3.8, 4) is 11.4 Å². The normalized spacial score (nSPS) is 10.3. The van der Waals surface area contributed by atoms with Crippen molar-refractivity contribution in [3.05, 3.63) is 45.9 Å². The lowest BCUT2D eigenvalue weighted by molar-refractivity contribution is 0.630. The molecule has 0 fully saturated rings. The Morgan fingerprint density at radius 1 is 1.27 bits per heavy atom. The fraction of sp³-hybridized carbons (Fsp3) is 0. The van der Waals surface area contributed by atoms with Gasteiger partial charge in [-0.05, 0) is 40.2 Å². The second kappa shape index (κ2) is 4.24. The summed E-state index contributed by atoms with van der Waals surface area (Å²) in [4.78, 5) is 8.03. The Bertz CT molecular complexity index is 505. The maximum absolute atomic E-state index is 13.5. The Morgan fingerprint density at radius 2 is 2.07 bits per heavy atom. The first-order valence-corrected chi connectivity index (χ1v) is 5.28. The van der Waals surface area contributed by atoms with Crippen LogP contribution in [0.1, 0.15) is 0 Å². The fourth-order valence-corrected chi connectivity index (χ4v) is 1.58. The first kappa shape index (κ1) is 10.5. The lowest BCUT2D eigenvalue weighted by Crippen LogP contribution is -1.91. The van der Waals surface area contributed by atoms with Gasteiger partial charge < -0.3 is 0 Å². The highest BCUT2D eigenvalue weighted by molar-refractivity contribution is 9.10. The Morgan fingerprint density at radius 3 is 2.73 bits per heavy atom. The number of rotatable bonds is 1. The predicted molar refractivity (Wildman–Crippen MR) is 60.1 cm³/mol. The minimum absolute atomic E-state index is 0.332. The molecule has 0 atom stereocenters. The van der Waals surface area contributed by atoms with E-state index in [1.165, 1.54) is 6.07 Å². The van der Waals surface area contributed by atoms with Crippen molar-refractivity contribution in [1.82, 2.24) is 9.97 Å². The second-order valence-corrected chi connectivity index (χ2v) is 4.08. The highest BCUT2D eigenvalue weighted by Gasteiger charge is 2.08. The van der Waals surface area contributed by atoms with Crippen molar-refractivity contribution in [1.29, 1.82) is 0 Å². The van der Waals surface area contributed by atoms with Gasteiger partial charge in [0.25, 0.3) is 0 Å². The highest BCUT2D eigenvalue weighted by Crippen LogP contribution is 2.23. The Balaban J connectivity index is 2.54. The summed E-state index contributed by atoms with van der Waals surface area (Å²) >= 11 is 8.84. The lowest BCUT2D eigenvalue weighted by atomic mass is 10.2. The van der Waals surface area contributed by atoms with Crippen molar-refractivity contribution in [2.24, 2.45) is 0 Å². The molecule has 0 unspecified atom stereocenters. The maximum atomic E-state index is 13.5. The van der Waals surface area contributed by atoms with Gasteiger partial charge in [-0.2, -0.15) is 0 Å². The van der Waals surface area contributed by atoms with E-state index in [2.05, 4.69) is 25.9 Å². The molecule has 0 saturated heterocycles. The summed E-state index contributed by atoms with van der Waals surface area (Å²) in [6, 6.07) is 6.07. The summed E-state index contributed by atoms with van der Waals surface area (Å²) in [5.74, 6) is -0.0980. The van der Waals surface area contributed by atoms with E-state index < -0.39 is 5.82 Å². The lowest BCUT2D eigenvalue weighted by Gasteiger charge is -2.02. The molecule has 76 valence electrons. The van der Waals surface area contributed by atoms with Crippen molar-refractivity contribution in [3.63, 3.8) is 0 Å². The molecular formula is C10H5BrClFN2. The van der Waals surface area contributed by atoms with Gasteiger partial charge in [-0.15, -0.1) is 0 Å². The molecule has 2 rings (SSSR count). The smallest absolute Gasteiger partial charge is 0.163 e. The minimum Gasteiger partial charge on any atom is -0.236 e. The summed E-state index contributed by atoms with van der Waals surface area (Å²) in [6.45, 7) is 0. The van der Waals surface area contributed by atoms with Gasteiger partial charge in [-0.1, -0.05) is 11.6 Å². The van der Waals surface area contributed by atoms with E-state index in [4.69, 9.17) is 11.6 Å². The minimum atomic E-state index is -0.430. The third-order valence-corrected chi connectivity index (χ3v) is 2.47. The summed E-state index contributed by atoms with van der Waals surface area (Å²) < 4.78 is 14.1. The first-order valence-electron chi connectivity index (χ1n) is 4.11. The molecule has 0 saturated carbocycles. The molecule has 0 aliphatic carbocycles. The van der Waals surface area contributed by atoms with E-state index in [-0.39, 0.29) is 0 Å². The van der Waals surface area contributed by atoms with Crippen molar-refractivity contribution in [2.75, 3.05) is 0 Å². The van der Waals surface area contributed by atoms with Gasteiger partial charge in [0.15, 0.2) is 5.82 Å². The molecular weight excluding hydrogens is 282 g/mol. The Hall–Kier alpha value is -1.000. The topological polar surface area (TPSA) is 25.8 Å². The number of aromatic nitrogens is 2. The van der Waals surface area contributed by atoms with E-state index in [1.807, 2.05) is 0 Å². The molecule has 2 aromatic rings. The standard InChI is InChI=1S/C10H5BrClFN2/c11-9-3-4-14-10(15-9)7-2-1-6(12)5-8(7)13/h1-5H. The number of hydrogen-bond donors (Lipinski definition) is 0. The highest BCUT2D eigenvalue weighted by atomic mass is 79.9. The van der Waals surface area contributed by atoms with Crippen LogP contribution in [0.15, 0.2) is 35.1 Å². The third-order valence-electron chi connectivity index (χ3n) is 1.79. The second-order valence-electron chi connectivity index (χ2n) is 2.83. The van der Waals surface area contributed by atoms with E-state index >= 15 is 0 Å². The monoisotopic (exact) mass is 286 g/mol. The van der Waals surface area contributed by atoms with Crippen LogP contribution in [0.2, 0.25) is 5.02 Å². The molecule has 0 aliphatic heterocycles. The van der Waals surface area contributed by atoms with Crippen LogP contribution in [0.5, 0.6) is 0 Å². The summed E-state index contributed by atoms with van der Waals surface area (Å²) in [6.07, 6.45) is 1.56. The molecule has 2 nitrogen and oxygen atoms in total. The van der Waals surface area contributed by atoms with E-state index in [0.29, 0.717) is 21.0 Å². The van der Waals surface area contributed by atoms with Crippen molar-refractivity contribution in [2.45, 2.75) is 0 Å². The number of nitrogens with zero attached hydrogens (tertiary/aromatic N) is 2. The predicted octanol–water partition coefficient (Wildman–Crippen LogP) is 3.70. The molecule has 0 amide bonds. The quantitative estimate of drug-likeness (QED) is 0.747. The van der Waals surface area contributed by atoms with Crippen LogP contribution in [0, 0.1) is 5.82 Å². The van der Waals surface area contributed by atoms with Gasteiger partial charge in [0, 0.05) is 11.2 Å². The van der Waals surface area contributed by atoms with Gasteiger partial charge in [-0.25, -0.2) is 14.4 Å². The largest absolute Gasteiger partial charge is 0.236 e. The molecule has 1 aromatic heterocycles. The van der Waals surface area contributed by atoms with Gasteiger partial charge >= 0.3 is 0 Å². The summed E-state index contributed by atoms with van der Waals surface area (Å²) in [5, 5.41) is 0.353. The van der Waals surface area contributed by atoms with Gasteiger partial charge in [0.1, 0.15) is 10.4 Å². The molecule has 0 spiro atoms. The first-order chi connectivity index (χ1) is 7.16. The van der Waals surface area contributed by atoms with Crippen molar-refractivity contribution < 1.29 is 4.39 Å². The SMILES string of the molecule is Fc1cc(Cl)ccc1-c1nccc(Br)n1. The zero-order chi connectivity index (χ0) is 10.8. The van der Waals surface area contributed by atoms with E-state index in [9.17, 15) is 4.39 Å². The zero-order valence-electron chi connectivity index (χ0n) is 7.42. The molecule has 0 N–H and O–H groups in total. The van der Waals surface area contributed by atoms with Crippen LogP contribution >= 0.6 is 27.5 Å². The molecule has 0 radical (unpaired) electrons. The van der Waals surface area contributed by atoms with Gasteiger partial charge in [0.2, 0.25) is 0 Å².